The van der Waals surface area contributed by atoms with Crippen LogP contribution in [0.15, 0.2) is 18.2 Å². The van der Waals surface area contributed by atoms with Crippen molar-refractivity contribution in [1.29, 1.82) is 0 Å². The summed E-state index contributed by atoms with van der Waals surface area (Å²) >= 11 is 5.46. The maximum atomic E-state index is 5.46. The number of anilines is 1. The first-order valence-electron chi connectivity index (χ1n) is 8.36. The minimum Gasteiger partial charge on any atom is -0.361 e. The first-order valence-corrected chi connectivity index (χ1v) is 8.76. The Hall–Kier alpha value is -1.13. The molecule has 122 valence electrons. The quantitative estimate of drug-likeness (QED) is 0.824. The van der Waals surface area contributed by atoms with Crippen LogP contribution in [0.1, 0.15) is 44.2 Å². The molecule has 1 aromatic rings. The Morgan fingerprint density at radius 2 is 2.00 bits per heavy atom. The van der Waals surface area contributed by atoms with E-state index in [4.69, 9.17) is 12.2 Å². The molecule has 0 aliphatic carbocycles. The van der Waals surface area contributed by atoms with Crippen molar-refractivity contribution in [2.24, 2.45) is 0 Å². The SMILES string of the molecule is Cc1cccc(C)c1NC(=S)NC[C@H](C)N1CCCC[C@H]1C. The molecule has 0 bridgehead atoms. The fourth-order valence-electron chi connectivity index (χ4n) is 3.30. The fraction of sp³-hybridized carbons (Fsp3) is 0.611. The highest BCUT2D eigenvalue weighted by Crippen LogP contribution is 2.20. The maximum Gasteiger partial charge on any atom is 0.170 e. The number of piperidine rings is 1. The van der Waals surface area contributed by atoms with Gasteiger partial charge in [-0.05, 0) is 70.4 Å². The van der Waals surface area contributed by atoms with Crippen molar-refractivity contribution < 1.29 is 0 Å². The van der Waals surface area contributed by atoms with Crippen LogP contribution in [0.5, 0.6) is 0 Å². The maximum absolute atomic E-state index is 5.46. The third-order valence-corrected chi connectivity index (χ3v) is 4.94. The molecule has 0 aromatic heterocycles. The molecule has 1 aromatic carbocycles. The van der Waals surface area contributed by atoms with E-state index in [1.54, 1.807) is 0 Å². The van der Waals surface area contributed by atoms with Crippen LogP contribution >= 0.6 is 12.2 Å². The van der Waals surface area contributed by atoms with Gasteiger partial charge < -0.3 is 10.6 Å². The average Bonchev–Trinajstić information content (AvgIpc) is 2.49. The lowest BCUT2D eigenvalue weighted by Gasteiger charge is -2.38. The predicted octanol–water partition coefficient (Wildman–Crippen LogP) is 3.85. The number of likely N-dealkylation sites (tertiary alicyclic amines) is 1. The van der Waals surface area contributed by atoms with E-state index in [0.717, 1.165) is 12.2 Å². The summed E-state index contributed by atoms with van der Waals surface area (Å²) in [4.78, 5) is 2.60. The van der Waals surface area contributed by atoms with Gasteiger partial charge in [-0.15, -0.1) is 0 Å². The van der Waals surface area contributed by atoms with Crippen LogP contribution in [-0.2, 0) is 0 Å². The fourth-order valence-corrected chi connectivity index (χ4v) is 3.49. The number of hydrogen-bond donors (Lipinski definition) is 2. The van der Waals surface area contributed by atoms with E-state index in [-0.39, 0.29) is 0 Å². The molecule has 1 aliphatic rings. The molecule has 2 N–H and O–H groups in total. The molecule has 1 aliphatic heterocycles. The molecule has 2 atom stereocenters. The van der Waals surface area contributed by atoms with Crippen LogP contribution in [0.25, 0.3) is 0 Å². The minimum atomic E-state index is 0.507. The van der Waals surface area contributed by atoms with Gasteiger partial charge in [0, 0.05) is 24.3 Å². The summed E-state index contributed by atoms with van der Waals surface area (Å²) in [6.45, 7) is 10.9. The monoisotopic (exact) mass is 319 g/mol. The number of para-hydroxylation sites is 1. The van der Waals surface area contributed by atoms with E-state index in [1.807, 2.05) is 0 Å². The van der Waals surface area contributed by atoms with Gasteiger partial charge in [-0.25, -0.2) is 0 Å². The first kappa shape index (κ1) is 17.2. The highest BCUT2D eigenvalue weighted by atomic mass is 32.1. The first-order chi connectivity index (χ1) is 10.5. The van der Waals surface area contributed by atoms with Crippen LogP contribution in [0.4, 0.5) is 5.69 Å². The normalized spacial score (nSPS) is 20.5. The second-order valence-electron chi connectivity index (χ2n) is 6.53. The number of benzene rings is 1. The van der Waals surface area contributed by atoms with E-state index < -0.39 is 0 Å². The molecule has 22 heavy (non-hydrogen) atoms. The van der Waals surface area contributed by atoms with E-state index in [0.29, 0.717) is 17.2 Å². The van der Waals surface area contributed by atoms with Crippen LogP contribution in [0.3, 0.4) is 0 Å². The van der Waals surface area contributed by atoms with E-state index in [1.165, 1.54) is 36.9 Å². The molecule has 0 radical (unpaired) electrons. The molecule has 3 nitrogen and oxygen atoms in total. The van der Waals surface area contributed by atoms with Gasteiger partial charge in [-0.3, -0.25) is 4.90 Å². The Kier molecular flexibility index (Phi) is 6.21. The lowest BCUT2D eigenvalue weighted by molar-refractivity contribution is 0.116. The average molecular weight is 320 g/mol. The molecular weight excluding hydrogens is 290 g/mol. The zero-order valence-electron chi connectivity index (χ0n) is 14.3. The van der Waals surface area contributed by atoms with Gasteiger partial charge in [-0.1, -0.05) is 24.6 Å². The van der Waals surface area contributed by atoms with E-state index in [2.05, 4.69) is 61.4 Å². The molecule has 0 spiro atoms. The van der Waals surface area contributed by atoms with Gasteiger partial charge in [-0.2, -0.15) is 0 Å². The van der Waals surface area contributed by atoms with Gasteiger partial charge in [0.05, 0.1) is 0 Å². The predicted molar refractivity (Wildman–Crippen MR) is 99.6 cm³/mol. The largest absolute Gasteiger partial charge is 0.361 e. The van der Waals surface area contributed by atoms with Crippen molar-refractivity contribution in [2.75, 3.05) is 18.4 Å². The molecule has 1 saturated heterocycles. The molecule has 2 rings (SSSR count). The van der Waals surface area contributed by atoms with Crippen LogP contribution in [0, 0.1) is 13.8 Å². The third-order valence-electron chi connectivity index (χ3n) is 4.70. The summed E-state index contributed by atoms with van der Waals surface area (Å²) in [5.74, 6) is 0. The summed E-state index contributed by atoms with van der Waals surface area (Å²) < 4.78 is 0. The lowest BCUT2D eigenvalue weighted by atomic mass is 10.0. The molecule has 0 amide bonds. The summed E-state index contributed by atoms with van der Waals surface area (Å²) in [5.41, 5.74) is 3.57. The lowest BCUT2D eigenvalue weighted by Crippen LogP contribution is -2.49. The van der Waals surface area contributed by atoms with Gasteiger partial charge in [0.1, 0.15) is 0 Å². The van der Waals surface area contributed by atoms with Crippen molar-refractivity contribution in [3.8, 4) is 0 Å². The third kappa shape index (κ3) is 4.43. The second kappa shape index (κ2) is 7.93. The molecule has 1 fully saturated rings. The van der Waals surface area contributed by atoms with Gasteiger partial charge in [0.15, 0.2) is 5.11 Å². The number of hydrogen-bond acceptors (Lipinski definition) is 2. The van der Waals surface area contributed by atoms with Crippen molar-refractivity contribution in [1.82, 2.24) is 10.2 Å². The molecule has 0 saturated carbocycles. The van der Waals surface area contributed by atoms with E-state index in [9.17, 15) is 0 Å². The van der Waals surface area contributed by atoms with E-state index >= 15 is 0 Å². The van der Waals surface area contributed by atoms with Gasteiger partial charge in [0.2, 0.25) is 0 Å². The summed E-state index contributed by atoms with van der Waals surface area (Å²) in [6, 6.07) is 7.48. The van der Waals surface area contributed by atoms with Crippen LogP contribution in [0.2, 0.25) is 0 Å². The zero-order valence-corrected chi connectivity index (χ0v) is 15.1. The Balaban J connectivity index is 1.85. The zero-order chi connectivity index (χ0) is 16.1. The highest BCUT2D eigenvalue weighted by molar-refractivity contribution is 7.80. The number of aryl methyl sites for hydroxylation is 2. The number of nitrogens with one attached hydrogen (secondary N) is 2. The summed E-state index contributed by atoms with van der Waals surface area (Å²) in [7, 11) is 0. The Morgan fingerprint density at radius 1 is 1.32 bits per heavy atom. The standard InChI is InChI=1S/C18H29N3S/c1-13-8-7-9-14(2)17(13)20-18(22)19-12-16(4)21-11-6-5-10-15(21)3/h7-9,15-16H,5-6,10-12H2,1-4H3,(H2,19,20,22)/t15-,16+/m1/s1. The van der Waals surface area contributed by atoms with Crippen molar-refractivity contribution in [2.45, 2.75) is 59.0 Å². The van der Waals surface area contributed by atoms with Gasteiger partial charge in [0.25, 0.3) is 0 Å². The highest BCUT2D eigenvalue weighted by Gasteiger charge is 2.22. The summed E-state index contributed by atoms with van der Waals surface area (Å²) in [5, 5.41) is 7.45. The Bertz CT molecular complexity index is 495. The van der Waals surface area contributed by atoms with Gasteiger partial charge >= 0.3 is 0 Å². The molecule has 4 heteroatoms. The number of nitrogens with zero attached hydrogens (tertiary/aromatic N) is 1. The van der Waals surface area contributed by atoms with Crippen LogP contribution in [-0.4, -0.2) is 35.2 Å². The number of rotatable bonds is 4. The molecule has 1 heterocycles. The van der Waals surface area contributed by atoms with Crippen molar-refractivity contribution in [3.63, 3.8) is 0 Å². The smallest absolute Gasteiger partial charge is 0.170 e. The van der Waals surface area contributed by atoms with Crippen LogP contribution < -0.4 is 10.6 Å². The Labute approximate surface area is 140 Å². The van der Waals surface area contributed by atoms with Crippen molar-refractivity contribution >= 4 is 23.0 Å². The minimum absolute atomic E-state index is 0.507. The molecular formula is C18H29N3S. The molecule has 0 unspecified atom stereocenters. The van der Waals surface area contributed by atoms with Crippen molar-refractivity contribution in [3.05, 3.63) is 29.3 Å². The second-order valence-corrected chi connectivity index (χ2v) is 6.94. The summed E-state index contributed by atoms with van der Waals surface area (Å²) in [6.07, 6.45) is 4.00. The topological polar surface area (TPSA) is 27.3 Å². The number of thiocarbonyl (C=S) groups is 1. The Morgan fingerprint density at radius 3 is 2.64 bits per heavy atom.